The number of ether oxygens (including phenoxy) is 2. The molecule has 1 saturated carbocycles. The lowest BCUT2D eigenvalue weighted by Gasteiger charge is -2.30. The van der Waals surface area contributed by atoms with Crippen LogP contribution < -0.4 is 4.74 Å². The van der Waals surface area contributed by atoms with Crippen molar-refractivity contribution in [3.8, 4) is 5.75 Å². The molecule has 1 aliphatic carbocycles. The van der Waals surface area contributed by atoms with Crippen LogP contribution in [0.15, 0.2) is 30.3 Å². The maximum Gasteiger partial charge on any atom is 0.309 e. The lowest BCUT2D eigenvalue weighted by atomic mass is 9.82. The van der Waals surface area contributed by atoms with Crippen LogP contribution in [-0.4, -0.2) is 13.1 Å². The van der Waals surface area contributed by atoms with E-state index in [0.29, 0.717) is 5.92 Å². The van der Waals surface area contributed by atoms with E-state index in [2.05, 4.69) is 51.1 Å². The molecule has 2 aromatic rings. The average molecular weight is 393 g/mol. The van der Waals surface area contributed by atoms with Gasteiger partial charge in [0.15, 0.2) is 0 Å². The Hall–Kier alpha value is -2.29. The van der Waals surface area contributed by atoms with Gasteiger partial charge in [-0.3, -0.25) is 4.79 Å². The quantitative estimate of drug-likeness (QED) is 0.587. The van der Waals surface area contributed by atoms with E-state index in [-0.39, 0.29) is 23.9 Å². The Morgan fingerprint density at radius 3 is 2.45 bits per heavy atom. The summed E-state index contributed by atoms with van der Waals surface area (Å²) in [6, 6.07) is 11.2. The van der Waals surface area contributed by atoms with Gasteiger partial charge in [0.25, 0.3) is 0 Å². The summed E-state index contributed by atoms with van der Waals surface area (Å²) in [6.45, 7) is 8.51. The first-order chi connectivity index (χ1) is 13.9. The molecule has 3 atom stereocenters. The van der Waals surface area contributed by atoms with Gasteiger partial charge in [-0.05, 0) is 97.7 Å². The zero-order valence-electron chi connectivity index (χ0n) is 18.2. The zero-order chi connectivity index (χ0) is 20.7. The first-order valence-corrected chi connectivity index (χ1v) is 10.8. The largest absolute Gasteiger partial charge is 0.485 e. The highest BCUT2D eigenvalue weighted by molar-refractivity contribution is 5.73. The van der Waals surface area contributed by atoms with E-state index in [0.717, 1.165) is 18.6 Å². The average Bonchev–Trinajstić information content (AvgIpc) is 3.54. The molecule has 29 heavy (non-hydrogen) atoms. The number of methoxy groups -OCH3 is 1. The number of hydrogen-bond acceptors (Lipinski definition) is 3. The van der Waals surface area contributed by atoms with Gasteiger partial charge >= 0.3 is 5.97 Å². The van der Waals surface area contributed by atoms with E-state index in [9.17, 15) is 4.79 Å². The summed E-state index contributed by atoms with van der Waals surface area (Å²) in [7, 11) is 1.48. The fourth-order valence-corrected chi connectivity index (χ4v) is 4.90. The molecule has 0 bridgehead atoms. The number of esters is 1. The highest BCUT2D eigenvalue weighted by Crippen LogP contribution is 2.48. The van der Waals surface area contributed by atoms with Crippen LogP contribution in [0, 0.1) is 32.6 Å². The zero-order valence-corrected chi connectivity index (χ0v) is 18.2. The van der Waals surface area contributed by atoms with Crippen molar-refractivity contribution in [1.29, 1.82) is 0 Å². The Morgan fingerprint density at radius 1 is 1.03 bits per heavy atom. The summed E-state index contributed by atoms with van der Waals surface area (Å²) in [5.41, 5.74) is 7.72. The second-order valence-electron chi connectivity index (χ2n) is 8.98. The molecule has 3 nitrogen and oxygen atoms in total. The molecule has 1 aliphatic heterocycles. The molecule has 0 spiro atoms. The molecular formula is C26H32O3. The highest BCUT2D eigenvalue weighted by atomic mass is 16.5. The molecule has 0 N–H and O–H groups in total. The first kappa shape index (κ1) is 20.0. The third kappa shape index (κ3) is 3.92. The van der Waals surface area contributed by atoms with Gasteiger partial charge in [-0.2, -0.15) is 0 Å². The van der Waals surface area contributed by atoms with Crippen molar-refractivity contribution in [2.24, 2.45) is 11.8 Å². The molecular weight excluding hydrogens is 360 g/mol. The molecule has 154 valence electrons. The van der Waals surface area contributed by atoms with Gasteiger partial charge in [0.1, 0.15) is 11.9 Å². The monoisotopic (exact) mass is 392 g/mol. The summed E-state index contributed by atoms with van der Waals surface area (Å²) in [6.07, 6.45) is 4.49. The minimum absolute atomic E-state index is 0.0921. The molecule has 3 heteroatoms. The van der Waals surface area contributed by atoms with E-state index in [4.69, 9.17) is 9.47 Å². The Labute approximate surface area is 174 Å². The third-order valence-corrected chi connectivity index (χ3v) is 6.89. The van der Waals surface area contributed by atoms with Crippen LogP contribution in [0.1, 0.15) is 71.6 Å². The topological polar surface area (TPSA) is 35.5 Å². The molecule has 1 unspecified atom stereocenters. The van der Waals surface area contributed by atoms with E-state index in [1.807, 2.05) is 6.92 Å². The van der Waals surface area contributed by atoms with Crippen LogP contribution in [0.4, 0.5) is 0 Å². The number of hydrogen-bond donors (Lipinski definition) is 0. The minimum atomic E-state index is -0.132. The van der Waals surface area contributed by atoms with Gasteiger partial charge in [-0.1, -0.05) is 31.2 Å². The van der Waals surface area contributed by atoms with Gasteiger partial charge in [0.05, 0.1) is 13.0 Å². The number of fused-ring (bicyclic) bond motifs is 1. The molecule has 4 rings (SSSR count). The van der Waals surface area contributed by atoms with Gasteiger partial charge in [-0.25, -0.2) is 0 Å². The Bertz CT molecular complexity index is 926. The molecule has 2 aliphatic rings. The Morgan fingerprint density at radius 2 is 1.76 bits per heavy atom. The lowest BCUT2D eigenvalue weighted by Crippen LogP contribution is -2.23. The van der Waals surface area contributed by atoms with Crippen LogP contribution in [0.25, 0.3) is 0 Å². The van der Waals surface area contributed by atoms with Crippen molar-refractivity contribution in [1.82, 2.24) is 0 Å². The third-order valence-electron chi connectivity index (χ3n) is 6.89. The van der Waals surface area contributed by atoms with Crippen LogP contribution in [0.5, 0.6) is 5.75 Å². The van der Waals surface area contributed by atoms with Crippen LogP contribution >= 0.6 is 0 Å². The number of aryl methyl sites for hydroxylation is 4. The number of benzene rings is 2. The molecule has 0 amide bonds. The van der Waals surface area contributed by atoms with Gasteiger partial charge in [0.2, 0.25) is 0 Å². The van der Waals surface area contributed by atoms with Crippen molar-refractivity contribution in [3.63, 3.8) is 0 Å². The second-order valence-corrected chi connectivity index (χ2v) is 8.98. The van der Waals surface area contributed by atoms with Crippen molar-refractivity contribution >= 4 is 5.97 Å². The Balaban J connectivity index is 1.63. The molecule has 1 heterocycles. The standard InChI is InChI=1S/C26H32O3/c1-15-12-17(3)22(13-16(15)2)23-11-10-19-6-9-21(14-24(19)29-23)25(20-7-8-20)18(4)26(27)28-5/h6,9,12-14,18,20,23,25H,7-8,10-11H2,1-5H3/t18-,23?,25-/m0/s1. The predicted octanol–water partition coefficient (Wildman–Crippen LogP) is 5.98. The van der Waals surface area contributed by atoms with Crippen molar-refractivity contribution in [3.05, 3.63) is 63.7 Å². The van der Waals surface area contributed by atoms with E-state index in [1.165, 1.54) is 53.3 Å². The fourth-order valence-electron chi connectivity index (χ4n) is 4.90. The highest BCUT2D eigenvalue weighted by Gasteiger charge is 2.39. The van der Waals surface area contributed by atoms with Crippen LogP contribution in [0.3, 0.4) is 0 Å². The Kier molecular flexibility index (Phi) is 5.42. The molecule has 0 aromatic heterocycles. The van der Waals surface area contributed by atoms with E-state index in [1.54, 1.807) is 0 Å². The summed E-state index contributed by atoms with van der Waals surface area (Å²) < 4.78 is 11.6. The fraction of sp³-hybridized carbons (Fsp3) is 0.500. The SMILES string of the molecule is COC(=O)[C@@H](C)[C@H](c1ccc2c(c1)OC(c1cc(C)c(C)cc1C)CC2)C1CC1. The number of carbonyl (C=O) groups excluding carboxylic acids is 1. The number of rotatable bonds is 5. The van der Waals surface area contributed by atoms with Gasteiger partial charge in [-0.15, -0.1) is 0 Å². The molecule has 0 radical (unpaired) electrons. The van der Waals surface area contributed by atoms with Crippen molar-refractivity contribution in [2.45, 2.75) is 65.4 Å². The number of carbonyl (C=O) groups is 1. The minimum Gasteiger partial charge on any atom is -0.485 e. The van der Waals surface area contributed by atoms with Crippen LogP contribution in [-0.2, 0) is 16.0 Å². The normalized spacial score (nSPS) is 20.4. The first-order valence-electron chi connectivity index (χ1n) is 10.8. The summed E-state index contributed by atoms with van der Waals surface area (Å²) in [5.74, 6) is 1.51. The predicted molar refractivity (Wildman–Crippen MR) is 115 cm³/mol. The van der Waals surface area contributed by atoms with Crippen molar-refractivity contribution in [2.75, 3.05) is 7.11 Å². The van der Waals surface area contributed by atoms with Gasteiger partial charge < -0.3 is 9.47 Å². The second kappa shape index (κ2) is 7.85. The van der Waals surface area contributed by atoms with E-state index >= 15 is 0 Å². The van der Waals surface area contributed by atoms with Crippen molar-refractivity contribution < 1.29 is 14.3 Å². The molecule has 1 fully saturated rings. The lowest BCUT2D eigenvalue weighted by molar-refractivity contribution is -0.145. The summed E-state index contributed by atoms with van der Waals surface area (Å²) in [5, 5.41) is 0. The maximum atomic E-state index is 12.2. The molecule has 0 saturated heterocycles. The summed E-state index contributed by atoms with van der Waals surface area (Å²) in [4.78, 5) is 12.2. The van der Waals surface area contributed by atoms with E-state index < -0.39 is 0 Å². The summed E-state index contributed by atoms with van der Waals surface area (Å²) >= 11 is 0. The molecule has 2 aromatic carbocycles. The van der Waals surface area contributed by atoms with Crippen LogP contribution in [0.2, 0.25) is 0 Å². The van der Waals surface area contributed by atoms with Gasteiger partial charge in [0, 0.05) is 0 Å². The smallest absolute Gasteiger partial charge is 0.309 e. The maximum absolute atomic E-state index is 12.2.